The van der Waals surface area contributed by atoms with E-state index >= 15 is 0 Å². The molecule has 64 heavy (non-hydrogen) atoms. The van der Waals surface area contributed by atoms with E-state index in [0.29, 0.717) is 56.7 Å². The van der Waals surface area contributed by atoms with E-state index in [-0.39, 0.29) is 32.1 Å². The van der Waals surface area contributed by atoms with E-state index < -0.39 is 29.2 Å². The van der Waals surface area contributed by atoms with Gasteiger partial charge in [-0.15, -0.1) is 41.0 Å². The van der Waals surface area contributed by atoms with Gasteiger partial charge in [0.15, 0.2) is 0 Å². The summed E-state index contributed by atoms with van der Waals surface area (Å²) in [6, 6.07) is 22.0. The molecule has 0 atom stereocenters. The molecule has 0 bridgehead atoms. The van der Waals surface area contributed by atoms with Crippen LogP contribution in [0.5, 0.6) is 11.6 Å². The van der Waals surface area contributed by atoms with Gasteiger partial charge in [0.2, 0.25) is 5.88 Å². The Balaban J connectivity index is 0.000000404. The van der Waals surface area contributed by atoms with Gasteiger partial charge in [-0.2, -0.15) is 69.6 Å². The first-order chi connectivity index (χ1) is 29.6. The summed E-state index contributed by atoms with van der Waals surface area (Å²) in [5, 5.41) is 18.0. The second-order valence-electron chi connectivity index (χ2n) is 13.8. The molecule has 0 aliphatic rings. The molecule has 0 saturated heterocycles. The van der Waals surface area contributed by atoms with E-state index in [1.165, 1.54) is 0 Å². The minimum absolute atomic E-state index is 0. The number of hydrogen-bond acceptors (Lipinski definition) is 7. The molecule has 0 aliphatic heterocycles. The van der Waals surface area contributed by atoms with Crippen LogP contribution in [0.3, 0.4) is 0 Å². The van der Waals surface area contributed by atoms with E-state index in [2.05, 4.69) is 66.6 Å². The predicted molar refractivity (Wildman–Crippen MR) is 245 cm³/mol. The molecule has 14 heteroatoms. The maximum absolute atomic E-state index is 13.3. The maximum atomic E-state index is 13.3. The first-order valence-corrected chi connectivity index (χ1v) is 18.8. The van der Waals surface area contributed by atoms with Crippen LogP contribution in [0.4, 0.5) is 26.3 Å². The van der Waals surface area contributed by atoms with Crippen LogP contribution < -0.4 is 16.4 Å². The van der Waals surface area contributed by atoms with Crippen LogP contribution in [0, 0.1) is 19.9 Å². The number of rotatable bonds is 11. The number of nitrogens with zero attached hydrogens (tertiary/aromatic N) is 4. The van der Waals surface area contributed by atoms with Gasteiger partial charge < -0.3 is 16.4 Å². The third-order valence-corrected chi connectivity index (χ3v) is 8.68. The molecule has 0 aliphatic carbocycles. The topological polar surface area (TPSA) is 112 Å². The number of allylic oxidation sites excluding steroid dienone is 12. The zero-order valence-electron chi connectivity index (χ0n) is 35.7. The summed E-state index contributed by atoms with van der Waals surface area (Å²) in [7, 11) is 0. The molecule has 0 fully saturated rings. The molecule has 7 nitrogen and oxygen atoms in total. The standard InChI is InChI=1S/C26H13F6N2O.2C12H17N2.Ir/c27-25(28,29)18-12-19(26(30,31)32)14-20(13-18)35-24-22-11-17-9-5-4-8-16(17)10-21(22)23(33-34-24)15-6-2-1-3-7-15;2*1-6-7-10(4)8-11(5)12(14-13)9(2)3;/h1-6,8-14H;2*6-8H,1-3,13H2,4-5H3;/q3*-1;+3/b;2*10-7+,11-8+,14-12-;. The van der Waals surface area contributed by atoms with Gasteiger partial charge >= 0.3 is 32.5 Å². The molecular weight excluding hydrogens is 1010 g/mol. The summed E-state index contributed by atoms with van der Waals surface area (Å²) >= 11 is 0. The molecule has 4 N–H and O–H groups in total. The zero-order valence-corrected chi connectivity index (χ0v) is 38.1. The molecule has 0 saturated carbocycles. The van der Waals surface area contributed by atoms with Crippen LogP contribution in [0.15, 0.2) is 185 Å². The Hall–Kier alpha value is -6.89. The van der Waals surface area contributed by atoms with Crippen molar-refractivity contribution in [2.24, 2.45) is 21.9 Å². The predicted octanol–water partition coefficient (Wildman–Crippen LogP) is 13.6. The van der Waals surface area contributed by atoms with Crippen LogP contribution >= 0.6 is 0 Å². The van der Waals surface area contributed by atoms with Gasteiger partial charge in [0, 0.05) is 11.1 Å². The summed E-state index contributed by atoms with van der Waals surface area (Å²) in [5.41, 5.74) is 4.67. The number of nitrogens with two attached hydrogens (primary N) is 2. The average molecular weight is 1050 g/mol. The van der Waals surface area contributed by atoms with Crippen molar-refractivity contribution in [1.29, 1.82) is 0 Å². The number of halogens is 6. The molecule has 4 aromatic carbocycles. The van der Waals surface area contributed by atoms with E-state index in [1.807, 2.05) is 76.3 Å². The van der Waals surface area contributed by atoms with Crippen molar-refractivity contribution in [2.75, 3.05) is 0 Å². The number of benzene rings is 4. The number of hydrazone groups is 2. The average Bonchev–Trinajstić information content (AvgIpc) is 3.20. The van der Waals surface area contributed by atoms with Gasteiger partial charge in [-0.05, 0) is 79.5 Å². The quantitative estimate of drug-likeness (QED) is 0.0260. The van der Waals surface area contributed by atoms with Crippen LogP contribution in [0.2, 0.25) is 0 Å². The number of alkyl halides is 6. The molecular formula is C50H47F6IrN6O. The molecule has 0 amide bonds. The fourth-order valence-corrected chi connectivity index (χ4v) is 5.96. The Morgan fingerprint density at radius 3 is 1.53 bits per heavy atom. The van der Waals surface area contributed by atoms with Gasteiger partial charge in [-0.25, -0.2) is 10.2 Å². The minimum atomic E-state index is -5.00. The summed E-state index contributed by atoms with van der Waals surface area (Å²) in [4.78, 5) is 0. The molecule has 334 valence electrons. The second-order valence-corrected chi connectivity index (χ2v) is 13.8. The van der Waals surface area contributed by atoms with Gasteiger partial charge in [-0.1, -0.05) is 102 Å². The van der Waals surface area contributed by atoms with Crippen molar-refractivity contribution in [3.05, 3.63) is 206 Å². The van der Waals surface area contributed by atoms with Crippen molar-refractivity contribution in [3.8, 4) is 22.9 Å². The fourth-order valence-electron chi connectivity index (χ4n) is 5.96. The van der Waals surface area contributed by atoms with Crippen LogP contribution in [-0.2, 0) is 32.5 Å². The zero-order chi connectivity index (χ0) is 47.1. The van der Waals surface area contributed by atoms with E-state index in [4.69, 9.17) is 16.4 Å². The van der Waals surface area contributed by atoms with E-state index in [9.17, 15) is 26.3 Å². The molecule has 1 heterocycles. The summed E-state index contributed by atoms with van der Waals surface area (Å²) in [6.45, 7) is 29.8. The van der Waals surface area contributed by atoms with E-state index in [0.717, 1.165) is 33.1 Å². The molecule has 0 unspecified atom stereocenters. The smallest absolute Gasteiger partial charge is 0.437 e. The normalized spacial score (nSPS) is 12.8. The van der Waals surface area contributed by atoms with Gasteiger partial charge in [0.1, 0.15) is 5.75 Å². The Bertz CT molecular complexity index is 2570. The van der Waals surface area contributed by atoms with Crippen molar-refractivity contribution in [1.82, 2.24) is 10.2 Å². The van der Waals surface area contributed by atoms with Crippen molar-refractivity contribution in [3.63, 3.8) is 0 Å². The number of aromatic nitrogens is 2. The van der Waals surface area contributed by atoms with Crippen molar-refractivity contribution < 1.29 is 51.2 Å². The number of hydrogen-bond donors (Lipinski definition) is 2. The SMILES string of the molecule is C=C/C=C(C)/C=C(C)/C(=N\N)C(=C)[CH2-].C=C/C=C(C)/C=C(C)/C(=N\N)C(=C)[CH2-].FC(F)(F)c1cc(Oc2nnc(-c3[c-]cccc3)c3cc4ccccc4cc23)cc(C(F)(F)F)c1.[Ir+3]. The van der Waals surface area contributed by atoms with Crippen LogP contribution in [0.1, 0.15) is 38.8 Å². The molecule has 0 radical (unpaired) electrons. The first-order valence-electron chi connectivity index (χ1n) is 18.8. The Kier molecular flexibility index (Phi) is 20.0. The third-order valence-electron chi connectivity index (χ3n) is 8.68. The molecule has 0 spiro atoms. The summed E-state index contributed by atoms with van der Waals surface area (Å²) in [5.74, 6) is 9.58. The maximum Gasteiger partial charge on any atom is 3.00 e. The fraction of sp³-hybridized carbons (Fsp3) is 0.120. The molecule has 5 rings (SSSR count). The monoisotopic (exact) mass is 1050 g/mol. The van der Waals surface area contributed by atoms with Gasteiger partial charge in [0.25, 0.3) is 0 Å². The Labute approximate surface area is 383 Å². The summed E-state index contributed by atoms with van der Waals surface area (Å²) in [6.07, 6.45) is 1.20. The van der Waals surface area contributed by atoms with Crippen molar-refractivity contribution >= 4 is 33.0 Å². The Morgan fingerprint density at radius 2 is 1.14 bits per heavy atom. The first kappa shape index (κ1) is 53.2. The third kappa shape index (κ3) is 15.2. The molecule has 1 aromatic heterocycles. The van der Waals surface area contributed by atoms with Gasteiger partial charge in [-0.3, -0.25) is 0 Å². The van der Waals surface area contributed by atoms with Crippen LogP contribution in [-0.4, -0.2) is 21.6 Å². The Morgan fingerprint density at radius 1 is 0.688 bits per heavy atom. The second kappa shape index (κ2) is 24.1. The van der Waals surface area contributed by atoms with Crippen molar-refractivity contribution in [2.45, 2.75) is 40.0 Å². The minimum Gasteiger partial charge on any atom is -0.437 e. The largest absolute Gasteiger partial charge is 3.00 e. The molecule has 5 aromatic rings. The number of fused-ring (bicyclic) bond motifs is 2. The summed E-state index contributed by atoms with van der Waals surface area (Å²) < 4.78 is 85.3. The van der Waals surface area contributed by atoms with Gasteiger partial charge in [0.05, 0.1) is 11.1 Å². The number of ether oxygens (including phenoxy) is 1. The van der Waals surface area contributed by atoms with Crippen LogP contribution in [0.25, 0.3) is 32.8 Å². The van der Waals surface area contributed by atoms with E-state index in [1.54, 1.807) is 48.6 Å².